The Balaban J connectivity index is 2.64. The molecule has 136 valence electrons. The summed E-state index contributed by atoms with van der Waals surface area (Å²) in [6.07, 6.45) is 0. The summed E-state index contributed by atoms with van der Waals surface area (Å²) in [6.45, 7) is 5.80. The number of urea groups is 1. The number of hydrogen-bond donors (Lipinski definition) is 3. The van der Waals surface area contributed by atoms with Crippen LogP contribution < -0.4 is 15.4 Å². The quantitative estimate of drug-likeness (QED) is 0.694. The van der Waals surface area contributed by atoms with Crippen LogP contribution in [-0.2, 0) is 9.53 Å². The summed E-state index contributed by atoms with van der Waals surface area (Å²) in [5.41, 5.74) is 1.25. The third-order valence-corrected chi connectivity index (χ3v) is 4.06. The number of phenols is 1. The van der Waals surface area contributed by atoms with Crippen LogP contribution in [-0.4, -0.2) is 30.8 Å². The summed E-state index contributed by atoms with van der Waals surface area (Å²) < 4.78 is 10.3. The van der Waals surface area contributed by atoms with E-state index < -0.39 is 18.0 Å². The van der Waals surface area contributed by atoms with Crippen molar-refractivity contribution in [2.45, 2.75) is 26.8 Å². The van der Waals surface area contributed by atoms with Crippen LogP contribution in [0.4, 0.5) is 4.79 Å². The molecule has 1 aliphatic heterocycles. The molecule has 1 unspecified atom stereocenters. The van der Waals surface area contributed by atoms with Gasteiger partial charge in [0.25, 0.3) is 0 Å². The maximum Gasteiger partial charge on any atom is 0.337 e. The number of benzene rings is 1. The normalized spacial score (nSPS) is 17.2. The number of rotatable bonds is 5. The first-order valence-corrected chi connectivity index (χ1v) is 8.23. The molecule has 25 heavy (non-hydrogen) atoms. The second-order valence-electron chi connectivity index (χ2n) is 5.79. The Morgan fingerprint density at radius 1 is 1.40 bits per heavy atom. The van der Waals surface area contributed by atoms with Crippen molar-refractivity contribution in [3.05, 3.63) is 34.0 Å². The highest BCUT2D eigenvalue weighted by molar-refractivity contribution is 6.32. The molecule has 0 aromatic heterocycles. The molecule has 2 amide bonds. The number of aromatic hydroxyl groups is 1. The highest BCUT2D eigenvalue weighted by atomic mass is 35.5. The largest absolute Gasteiger partial charge is 0.503 e. The number of esters is 1. The molecule has 1 aliphatic rings. The van der Waals surface area contributed by atoms with Gasteiger partial charge < -0.3 is 25.2 Å². The van der Waals surface area contributed by atoms with Crippen molar-refractivity contribution in [1.29, 1.82) is 0 Å². The van der Waals surface area contributed by atoms with E-state index in [0.717, 1.165) is 0 Å². The topological polar surface area (TPSA) is 96.9 Å². The van der Waals surface area contributed by atoms with Crippen LogP contribution in [0.3, 0.4) is 0 Å². The van der Waals surface area contributed by atoms with Gasteiger partial charge in [-0.3, -0.25) is 0 Å². The van der Waals surface area contributed by atoms with Gasteiger partial charge in [0.2, 0.25) is 0 Å². The van der Waals surface area contributed by atoms with E-state index in [1.807, 2.05) is 13.8 Å². The fourth-order valence-electron chi connectivity index (χ4n) is 2.65. The van der Waals surface area contributed by atoms with Gasteiger partial charge in [-0.1, -0.05) is 25.4 Å². The fraction of sp³-hybridized carbons (Fsp3) is 0.412. The SMILES string of the molecule is CCOc1cc(C2NC(=O)NC(C(C)C)=C2C(=O)OC)cc(Cl)c1O. The van der Waals surface area contributed by atoms with Crippen LogP contribution in [0.25, 0.3) is 0 Å². The fourth-order valence-corrected chi connectivity index (χ4v) is 2.87. The van der Waals surface area contributed by atoms with Gasteiger partial charge in [-0.25, -0.2) is 9.59 Å². The molecule has 1 atom stereocenters. The first-order chi connectivity index (χ1) is 11.8. The van der Waals surface area contributed by atoms with E-state index in [4.69, 9.17) is 21.1 Å². The Morgan fingerprint density at radius 3 is 2.64 bits per heavy atom. The molecule has 0 saturated carbocycles. The molecule has 2 rings (SSSR count). The molecule has 0 aliphatic carbocycles. The number of ether oxygens (including phenoxy) is 2. The molecule has 0 saturated heterocycles. The lowest BCUT2D eigenvalue weighted by molar-refractivity contribution is -0.136. The molecule has 0 bridgehead atoms. The van der Waals surface area contributed by atoms with E-state index in [1.165, 1.54) is 13.2 Å². The van der Waals surface area contributed by atoms with E-state index in [0.29, 0.717) is 17.9 Å². The van der Waals surface area contributed by atoms with E-state index in [1.54, 1.807) is 13.0 Å². The van der Waals surface area contributed by atoms with Gasteiger partial charge in [-0.15, -0.1) is 0 Å². The zero-order chi connectivity index (χ0) is 18.7. The first-order valence-electron chi connectivity index (χ1n) is 7.85. The average Bonchev–Trinajstić information content (AvgIpc) is 2.57. The van der Waals surface area contributed by atoms with Gasteiger partial charge in [-0.2, -0.15) is 0 Å². The van der Waals surface area contributed by atoms with E-state index >= 15 is 0 Å². The van der Waals surface area contributed by atoms with Gasteiger partial charge in [0.05, 0.1) is 30.4 Å². The minimum atomic E-state index is -0.782. The number of phenolic OH excluding ortho intramolecular Hbond substituents is 1. The molecular formula is C17H21ClN2O5. The number of carbonyl (C=O) groups excluding carboxylic acids is 2. The van der Waals surface area contributed by atoms with Gasteiger partial charge >= 0.3 is 12.0 Å². The van der Waals surface area contributed by atoms with Crippen LogP contribution in [0.15, 0.2) is 23.4 Å². The maximum absolute atomic E-state index is 12.3. The molecule has 0 spiro atoms. The highest BCUT2D eigenvalue weighted by Crippen LogP contribution is 2.39. The lowest BCUT2D eigenvalue weighted by atomic mass is 9.91. The average molecular weight is 369 g/mol. The van der Waals surface area contributed by atoms with Crippen molar-refractivity contribution in [2.24, 2.45) is 5.92 Å². The van der Waals surface area contributed by atoms with E-state index in [2.05, 4.69) is 10.6 Å². The Bertz CT molecular complexity index is 730. The number of hydrogen-bond acceptors (Lipinski definition) is 5. The Hall–Kier alpha value is -2.41. The van der Waals surface area contributed by atoms with Gasteiger partial charge in [0, 0.05) is 5.70 Å². The number of nitrogens with one attached hydrogen (secondary N) is 2. The molecule has 8 heteroatoms. The van der Waals surface area contributed by atoms with Gasteiger partial charge in [0.15, 0.2) is 11.5 Å². The summed E-state index contributed by atoms with van der Waals surface area (Å²) in [6, 6.07) is 1.80. The van der Waals surface area contributed by atoms with Crippen molar-refractivity contribution in [1.82, 2.24) is 10.6 Å². The predicted molar refractivity (Wildman–Crippen MR) is 92.6 cm³/mol. The minimum Gasteiger partial charge on any atom is -0.503 e. The number of allylic oxidation sites excluding steroid dienone is 1. The molecule has 1 aromatic rings. The van der Waals surface area contributed by atoms with E-state index in [9.17, 15) is 14.7 Å². The zero-order valence-corrected chi connectivity index (χ0v) is 15.2. The third kappa shape index (κ3) is 3.82. The van der Waals surface area contributed by atoms with Crippen molar-refractivity contribution in [3.8, 4) is 11.5 Å². The number of amides is 2. The molecule has 0 radical (unpaired) electrons. The first kappa shape index (κ1) is 18.9. The Morgan fingerprint density at radius 2 is 2.08 bits per heavy atom. The highest BCUT2D eigenvalue weighted by Gasteiger charge is 2.35. The summed E-state index contributed by atoms with van der Waals surface area (Å²) in [7, 11) is 1.27. The second kappa shape index (κ2) is 7.65. The number of halogens is 1. The molecular weight excluding hydrogens is 348 g/mol. The summed E-state index contributed by atoms with van der Waals surface area (Å²) in [5, 5.41) is 15.4. The Kier molecular flexibility index (Phi) is 5.79. The lowest BCUT2D eigenvalue weighted by Crippen LogP contribution is -2.47. The number of carbonyl (C=O) groups is 2. The lowest BCUT2D eigenvalue weighted by Gasteiger charge is -2.31. The van der Waals surface area contributed by atoms with Crippen LogP contribution in [0, 0.1) is 5.92 Å². The Labute approximate surface area is 150 Å². The summed E-state index contributed by atoms with van der Waals surface area (Å²) >= 11 is 6.08. The van der Waals surface area contributed by atoms with Crippen LogP contribution in [0.5, 0.6) is 11.5 Å². The summed E-state index contributed by atoms with van der Waals surface area (Å²) in [5.74, 6) is -0.696. The third-order valence-electron chi connectivity index (χ3n) is 3.77. The maximum atomic E-state index is 12.3. The second-order valence-corrected chi connectivity index (χ2v) is 6.19. The molecule has 3 N–H and O–H groups in total. The minimum absolute atomic E-state index is 0.0593. The van der Waals surface area contributed by atoms with Crippen LogP contribution >= 0.6 is 11.6 Å². The molecule has 7 nitrogen and oxygen atoms in total. The van der Waals surface area contributed by atoms with Crippen LogP contribution in [0.1, 0.15) is 32.4 Å². The standard InChI is InChI=1S/C17H21ClN2O5/c1-5-25-11-7-9(6-10(18)15(11)21)14-12(16(22)24-4)13(8(2)3)19-17(23)20-14/h6-8,14,21H,5H2,1-4H3,(H2,19,20,23). The monoisotopic (exact) mass is 368 g/mol. The van der Waals surface area contributed by atoms with Gasteiger partial charge in [0.1, 0.15) is 0 Å². The zero-order valence-electron chi connectivity index (χ0n) is 14.5. The number of methoxy groups -OCH3 is 1. The van der Waals surface area contributed by atoms with Gasteiger partial charge in [-0.05, 0) is 30.5 Å². The van der Waals surface area contributed by atoms with E-state index in [-0.39, 0.29) is 28.0 Å². The molecule has 0 fully saturated rings. The molecule has 1 aromatic carbocycles. The summed E-state index contributed by atoms with van der Waals surface area (Å²) in [4.78, 5) is 24.4. The smallest absolute Gasteiger partial charge is 0.337 e. The molecule has 1 heterocycles. The van der Waals surface area contributed by atoms with Crippen molar-refractivity contribution in [3.63, 3.8) is 0 Å². The van der Waals surface area contributed by atoms with Crippen molar-refractivity contribution < 1.29 is 24.2 Å². The van der Waals surface area contributed by atoms with Crippen LogP contribution in [0.2, 0.25) is 5.02 Å². The predicted octanol–water partition coefficient (Wildman–Crippen LogP) is 2.88. The van der Waals surface area contributed by atoms with Crippen molar-refractivity contribution in [2.75, 3.05) is 13.7 Å². The van der Waals surface area contributed by atoms with Crippen molar-refractivity contribution >= 4 is 23.6 Å².